The summed E-state index contributed by atoms with van der Waals surface area (Å²) in [6.07, 6.45) is 0. The molecular weight excluding hydrogens is 252 g/mol. The second kappa shape index (κ2) is 7.90. The summed E-state index contributed by atoms with van der Waals surface area (Å²) in [6, 6.07) is 5.80. The number of rotatable bonds is 7. The maximum atomic E-state index is 12.4. The number of carbonyl (C=O) groups is 1. The van der Waals surface area contributed by atoms with Crippen molar-refractivity contribution in [2.24, 2.45) is 5.92 Å². The molecule has 2 N–H and O–H groups in total. The van der Waals surface area contributed by atoms with E-state index >= 15 is 0 Å². The maximum absolute atomic E-state index is 12.4. The van der Waals surface area contributed by atoms with Crippen molar-refractivity contribution in [3.8, 4) is 0 Å². The normalized spacial score (nSPS) is 12.3. The third kappa shape index (κ3) is 4.53. The molecule has 0 heterocycles. The molecule has 1 aromatic rings. The van der Waals surface area contributed by atoms with E-state index < -0.39 is 0 Å². The van der Waals surface area contributed by atoms with Crippen molar-refractivity contribution >= 4 is 11.6 Å². The summed E-state index contributed by atoms with van der Waals surface area (Å²) in [5.41, 5.74) is 2.64. The highest BCUT2D eigenvalue weighted by Gasteiger charge is 2.19. The average molecular weight is 278 g/mol. The number of hydrogen-bond acceptors (Lipinski definition) is 3. The van der Waals surface area contributed by atoms with E-state index in [-0.39, 0.29) is 11.9 Å². The Kier molecular flexibility index (Phi) is 6.52. The minimum atomic E-state index is -0.0623. The number of carbonyl (C=O) groups excluding carboxylic acids is 1. The molecule has 1 aromatic carbocycles. The molecule has 0 fully saturated rings. The van der Waals surface area contributed by atoms with Crippen LogP contribution in [0.25, 0.3) is 0 Å². The lowest BCUT2D eigenvalue weighted by Crippen LogP contribution is -2.42. The van der Waals surface area contributed by atoms with Crippen LogP contribution < -0.4 is 10.6 Å². The number of ether oxygens (including phenoxy) is 1. The molecule has 4 nitrogen and oxygen atoms in total. The molecule has 1 unspecified atom stereocenters. The SMILES string of the molecule is CCOCC(NC(=O)c1ccc(C)cc1NC)C(C)C. The summed E-state index contributed by atoms with van der Waals surface area (Å²) >= 11 is 0. The number of aryl methyl sites for hydroxylation is 1. The quantitative estimate of drug-likeness (QED) is 0.806. The average Bonchev–Trinajstić information content (AvgIpc) is 2.42. The lowest BCUT2D eigenvalue weighted by Gasteiger charge is -2.23. The Hall–Kier alpha value is -1.55. The second-order valence-corrected chi connectivity index (χ2v) is 5.28. The van der Waals surface area contributed by atoms with Gasteiger partial charge >= 0.3 is 0 Å². The van der Waals surface area contributed by atoms with Gasteiger partial charge in [0.2, 0.25) is 0 Å². The van der Waals surface area contributed by atoms with Gasteiger partial charge in [0.25, 0.3) is 5.91 Å². The molecule has 0 saturated carbocycles. The monoisotopic (exact) mass is 278 g/mol. The first-order valence-corrected chi connectivity index (χ1v) is 7.16. The number of benzene rings is 1. The minimum absolute atomic E-state index is 0.0217. The fourth-order valence-electron chi connectivity index (χ4n) is 1.95. The van der Waals surface area contributed by atoms with Crippen molar-refractivity contribution in [2.75, 3.05) is 25.6 Å². The van der Waals surface area contributed by atoms with Gasteiger partial charge in [-0.2, -0.15) is 0 Å². The lowest BCUT2D eigenvalue weighted by molar-refractivity contribution is 0.0807. The highest BCUT2D eigenvalue weighted by molar-refractivity contribution is 5.99. The van der Waals surface area contributed by atoms with Crippen LogP contribution in [-0.2, 0) is 4.74 Å². The van der Waals surface area contributed by atoms with Gasteiger partial charge in [-0.15, -0.1) is 0 Å². The highest BCUT2D eigenvalue weighted by atomic mass is 16.5. The van der Waals surface area contributed by atoms with Crippen LogP contribution in [0.15, 0.2) is 18.2 Å². The number of amides is 1. The van der Waals surface area contributed by atoms with Crippen LogP contribution in [0, 0.1) is 12.8 Å². The first-order chi connectivity index (χ1) is 9.49. The van der Waals surface area contributed by atoms with E-state index in [1.54, 1.807) is 0 Å². The number of anilines is 1. The van der Waals surface area contributed by atoms with Gasteiger partial charge in [-0.05, 0) is 37.5 Å². The van der Waals surface area contributed by atoms with Gasteiger partial charge in [-0.1, -0.05) is 19.9 Å². The Morgan fingerprint density at radius 2 is 2.05 bits per heavy atom. The molecule has 0 bridgehead atoms. The summed E-state index contributed by atoms with van der Waals surface area (Å²) in [5, 5.41) is 6.13. The largest absolute Gasteiger partial charge is 0.387 e. The molecule has 0 spiro atoms. The minimum Gasteiger partial charge on any atom is -0.387 e. The molecule has 20 heavy (non-hydrogen) atoms. The summed E-state index contributed by atoms with van der Waals surface area (Å²) in [7, 11) is 1.83. The molecule has 1 atom stereocenters. The Morgan fingerprint density at radius 3 is 2.60 bits per heavy atom. The summed E-state index contributed by atoms with van der Waals surface area (Å²) in [6.45, 7) is 9.33. The molecule has 0 saturated heterocycles. The first kappa shape index (κ1) is 16.5. The molecule has 4 heteroatoms. The van der Waals surface area contributed by atoms with Crippen LogP contribution in [0.5, 0.6) is 0 Å². The number of nitrogens with one attached hydrogen (secondary N) is 2. The van der Waals surface area contributed by atoms with Gasteiger partial charge in [0.15, 0.2) is 0 Å². The van der Waals surface area contributed by atoms with Gasteiger partial charge in [0, 0.05) is 19.3 Å². The number of hydrogen-bond donors (Lipinski definition) is 2. The Bertz CT molecular complexity index is 444. The predicted molar refractivity (Wildman–Crippen MR) is 83.3 cm³/mol. The summed E-state index contributed by atoms with van der Waals surface area (Å²) < 4.78 is 5.44. The van der Waals surface area contributed by atoms with Crippen LogP contribution in [0.2, 0.25) is 0 Å². The smallest absolute Gasteiger partial charge is 0.253 e. The molecule has 0 aliphatic heterocycles. The topological polar surface area (TPSA) is 50.4 Å². The highest BCUT2D eigenvalue weighted by Crippen LogP contribution is 2.17. The van der Waals surface area contributed by atoms with Crippen molar-refractivity contribution in [3.05, 3.63) is 29.3 Å². The van der Waals surface area contributed by atoms with E-state index in [1.807, 2.05) is 39.1 Å². The van der Waals surface area contributed by atoms with Gasteiger partial charge < -0.3 is 15.4 Å². The van der Waals surface area contributed by atoms with Crippen LogP contribution in [-0.4, -0.2) is 32.2 Å². The van der Waals surface area contributed by atoms with Crippen molar-refractivity contribution in [1.82, 2.24) is 5.32 Å². The van der Waals surface area contributed by atoms with Crippen LogP contribution >= 0.6 is 0 Å². The predicted octanol–water partition coefficient (Wildman–Crippen LogP) is 2.83. The molecule has 0 aliphatic carbocycles. The van der Waals surface area contributed by atoms with Gasteiger partial charge in [-0.3, -0.25) is 4.79 Å². The zero-order valence-electron chi connectivity index (χ0n) is 13.1. The zero-order valence-corrected chi connectivity index (χ0v) is 13.1. The van der Waals surface area contributed by atoms with Gasteiger partial charge in [0.1, 0.15) is 0 Å². The Balaban J connectivity index is 2.83. The lowest BCUT2D eigenvalue weighted by atomic mass is 10.0. The molecule has 112 valence electrons. The summed E-state index contributed by atoms with van der Waals surface area (Å²) in [5.74, 6) is 0.265. The van der Waals surface area contributed by atoms with Crippen LogP contribution in [0.1, 0.15) is 36.7 Å². The van der Waals surface area contributed by atoms with E-state index in [0.717, 1.165) is 11.3 Å². The molecular formula is C16H26N2O2. The second-order valence-electron chi connectivity index (χ2n) is 5.28. The van der Waals surface area contributed by atoms with E-state index in [1.165, 1.54) is 0 Å². The Morgan fingerprint density at radius 1 is 1.35 bits per heavy atom. The zero-order chi connectivity index (χ0) is 15.1. The van der Waals surface area contributed by atoms with Crippen LogP contribution in [0.4, 0.5) is 5.69 Å². The molecule has 0 aliphatic rings. The van der Waals surface area contributed by atoms with Crippen molar-refractivity contribution in [1.29, 1.82) is 0 Å². The van der Waals surface area contributed by atoms with E-state index in [2.05, 4.69) is 24.5 Å². The van der Waals surface area contributed by atoms with Gasteiger partial charge in [-0.25, -0.2) is 0 Å². The van der Waals surface area contributed by atoms with Crippen LogP contribution in [0.3, 0.4) is 0 Å². The van der Waals surface area contributed by atoms with E-state index in [9.17, 15) is 4.79 Å². The maximum Gasteiger partial charge on any atom is 0.253 e. The first-order valence-electron chi connectivity index (χ1n) is 7.16. The molecule has 1 amide bonds. The van der Waals surface area contributed by atoms with E-state index in [4.69, 9.17) is 4.74 Å². The molecule has 1 rings (SSSR count). The third-order valence-corrected chi connectivity index (χ3v) is 3.31. The third-order valence-electron chi connectivity index (χ3n) is 3.31. The summed E-state index contributed by atoms with van der Waals surface area (Å²) in [4.78, 5) is 12.4. The standard InChI is InChI=1S/C16H26N2O2/c1-6-20-10-15(11(2)3)18-16(19)13-8-7-12(4)9-14(13)17-5/h7-9,11,15,17H,6,10H2,1-5H3,(H,18,19). The van der Waals surface area contributed by atoms with E-state index in [0.29, 0.717) is 24.7 Å². The Labute approximate surface area is 121 Å². The van der Waals surface area contributed by atoms with Crippen molar-refractivity contribution < 1.29 is 9.53 Å². The van der Waals surface area contributed by atoms with Crippen molar-refractivity contribution in [2.45, 2.75) is 33.7 Å². The molecule has 0 radical (unpaired) electrons. The van der Waals surface area contributed by atoms with Gasteiger partial charge in [0.05, 0.1) is 18.2 Å². The van der Waals surface area contributed by atoms with Crippen molar-refractivity contribution in [3.63, 3.8) is 0 Å². The molecule has 0 aromatic heterocycles. The fourth-order valence-corrected chi connectivity index (χ4v) is 1.95. The fraction of sp³-hybridized carbons (Fsp3) is 0.562.